The molecule has 3 aromatic carbocycles. The third-order valence-electron chi connectivity index (χ3n) is 4.31. The summed E-state index contributed by atoms with van der Waals surface area (Å²) in [5, 5.41) is 2.92. The average molecular weight is 393 g/mol. The number of para-hydroxylation sites is 1. The molecule has 1 N–H and O–H groups in total. The fourth-order valence-corrected chi connectivity index (χ4v) is 3.02. The Morgan fingerprint density at radius 3 is 2.14 bits per heavy atom. The van der Waals surface area contributed by atoms with Gasteiger partial charge in [0, 0.05) is 17.8 Å². The van der Waals surface area contributed by atoms with Crippen LogP contribution in [0, 0.1) is 0 Å². The lowest BCUT2D eigenvalue weighted by atomic mass is 10.1. The Kier molecular flexibility index (Phi) is 6.82. The number of anilines is 1. The Balaban J connectivity index is 1.72. The number of amides is 2. The van der Waals surface area contributed by atoms with E-state index in [0.29, 0.717) is 18.7 Å². The molecule has 0 aliphatic heterocycles. The van der Waals surface area contributed by atoms with E-state index in [1.165, 1.54) is 0 Å². The molecule has 0 fully saturated rings. The van der Waals surface area contributed by atoms with Crippen LogP contribution < -0.4 is 10.2 Å². The predicted octanol–water partition coefficient (Wildman–Crippen LogP) is 4.39. The first kappa shape index (κ1) is 19.6. The highest BCUT2D eigenvalue weighted by Crippen LogP contribution is 2.18. The number of carbonyl (C=O) groups is 2. The molecule has 0 aromatic heterocycles. The molecule has 3 rings (SSSR count). The minimum atomic E-state index is -0.188. The Bertz CT molecular complexity index is 930. The van der Waals surface area contributed by atoms with Crippen LogP contribution in [0.1, 0.15) is 21.5 Å². The SMILES string of the molecule is O=C(NCc1ccccc1)c1cccc(CN(C(=O)CCl)c2ccccc2)c1. The summed E-state index contributed by atoms with van der Waals surface area (Å²) in [5.41, 5.74) is 3.22. The molecule has 4 nitrogen and oxygen atoms in total. The number of hydrogen-bond acceptors (Lipinski definition) is 2. The van der Waals surface area contributed by atoms with E-state index in [0.717, 1.165) is 16.8 Å². The summed E-state index contributed by atoms with van der Waals surface area (Å²) in [6.07, 6.45) is 0. The summed E-state index contributed by atoms with van der Waals surface area (Å²) in [6.45, 7) is 0.806. The Morgan fingerprint density at radius 2 is 1.46 bits per heavy atom. The highest BCUT2D eigenvalue weighted by Gasteiger charge is 2.16. The number of nitrogens with one attached hydrogen (secondary N) is 1. The summed E-state index contributed by atoms with van der Waals surface area (Å²) in [4.78, 5) is 26.4. The van der Waals surface area contributed by atoms with Gasteiger partial charge in [0.25, 0.3) is 5.91 Å². The molecule has 0 saturated carbocycles. The average Bonchev–Trinajstić information content (AvgIpc) is 2.77. The maximum Gasteiger partial charge on any atom is 0.251 e. The quantitative estimate of drug-likeness (QED) is 0.606. The minimum Gasteiger partial charge on any atom is -0.348 e. The molecule has 5 heteroatoms. The second-order valence-electron chi connectivity index (χ2n) is 6.32. The third-order valence-corrected chi connectivity index (χ3v) is 4.54. The van der Waals surface area contributed by atoms with Gasteiger partial charge in [-0.05, 0) is 35.4 Å². The van der Waals surface area contributed by atoms with E-state index in [-0.39, 0.29) is 17.7 Å². The van der Waals surface area contributed by atoms with Crippen molar-refractivity contribution in [1.29, 1.82) is 0 Å². The molecule has 3 aromatic rings. The monoisotopic (exact) mass is 392 g/mol. The van der Waals surface area contributed by atoms with Crippen LogP contribution in [0.2, 0.25) is 0 Å². The number of alkyl halides is 1. The van der Waals surface area contributed by atoms with Crippen LogP contribution in [0.15, 0.2) is 84.9 Å². The maximum absolute atomic E-state index is 12.5. The number of nitrogens with zero attached hydrogens (tertiary/aromatic N) is 1. The van der Waals surface area contributed by atoms with Crippen molar-refractivity contribution >= 4 is 29.1 Å². The third kappa shape index (κ3) is 5.21. The van der Waals surface area contributed by atoms with Crippen LogP contribution in [0.3, 0.4) is 0 Å². The Hall–Kier alpha value is -3.11. The number of carbonyl (C=O) groups excluding carboxylic acids is 2. The van der Waals surface area contributed by atoms with Gasteiger partial charge in [-0.1, -0.05) is 60.7 Å². The van der Waals surface area contributed by atoms with Crippen molar-refractivity contribution in [3.05, 3.63) is 102 Å². The van der Waals surface area contributed by atoms with E-state index in [9.17, 15) is 9.59 Å². The predicted molar refractivity (Wildman–Crippen MR) is 112 cm³/mol. The van der Waals surface area contributed by atoms with Gasteiger partial charge in [0.1, 0.15) is 5.88 Å². The van der Waals surface area contributed by atoms with E-state index in [1.54, 1.807) is 17.0 Å². The lowest BCUT2D eigenvalue weighted by molar-refractivity contribution is -0.116. The van der Waals surface area contributed by atoms with Gasteiger partial charge >= 0.3 is 0 Å². The minimum absolute atomic E-state index is 0.105. The molecule has 0 heterocycles. The highest BCUT2D eigenvalue weighted by molar-refractivity contribution is 6.29. The number of rotatable bonds is 7. The van der Waals surface area contributed by atoms with Crippen molar-refractivity contribution in [2.75, 3.05) is 10.8 Å². The fraction of sp³-hybridized carbons (Fsp3) is 0.130. The molecule has 0 atom stereocenters. The molecule has 142 valence electrons. The lowest BCUT2D eigenvalue weighted by Gasteiger charge is -2.22. The first-order chi connectivity index (χ1) is 13.7. The largest absolute Gasteiger partial charge is 0.348 e. The topological polar surface area (TPSA) is 49.4 Å². The zero-order valence-electron chi connectivity index (χ0n) is 15.3. The van der Waals surface area contributed by atoms with Crippen molar-refractivity contribution < 1.29 is 9.59 Å². The van der Waals surface area contributed by atoms with Gasteiger partial charge in [-0.2, -0.15) is 0 Å². The van der Waals surface area contributed by atoms with Crippen LogP contribution >= 0.6 is 11.6 Å². The molecule has 0 aliphatic rings. The highest BCUT2D eigenvalue weighted by atomic mass is 35.5. The second kappa shape index (κ2) is 9.72. The molecule has 0 aliphatic carbocycles. The normalized spacial score (nSPS) is 10.3. The first-order valence-corrected chi connectivity index (χ1v) is 9.53. The van der Waals surface area contributed by atoms with Gasteiger partial charge in [-0.3, -0.25) is 9.59 Å². The summed E-state index contributed by atoms with van der Waals surface area (Å²) in [7, 11) is 0. The summed E-state index contributed by atoms with van der Waals surface area (Å²) in [6, 6.07) is 26.4. The standard InChI is InChI=1S/C23H21ClN2O2/c24-15-22(27)26(21-12-5-2-6-13-21)17-19-10-7-11-20(14-19)23(28)25-16-18-8-3-1-4-9-18/h1-14H,15-17H2,(H,25,28). The molecule has 0 unspecified atom stereocenters. The van der Waals surface area contributed by atoms with Crippen LogP contribution in [-0.2, 0) is 17.9 Å². The van der Waals surface area contributed by atoms with Gasteiger partial charge < -0.3 is 10.2 Å². The molecule has 0 bridgehead atoms. The van der Waals surface area contributed by atoms with Crippen LogP contribution in [0.5, 0.6) is 0 Å². The van der Waals surface area contributed by atoms with Crippen molar-refractivity contribution in [2.24, 2.45) is 0 Å². The zero-order valence-corrected chi connectivity index (χ0v) is 16.1. The van der Waals surface area contributed by atoms with E-state index in [2.05, 4.69) is 5.32 Å². The van der Waals surface area contributed by atoms with Gasteiger partial charge in [-0.25, -0.2) is 0 Å². The van der Waals surface area contributed by atoms with Gasteiger partial charge in [0.2, 0.25) is 5.91 Å². The van der Waals surface area contributed by atoms with Crippen molar-refractivity contribution in [3.8, 4) is 0 Å². The van der Waals surface area contributed by atoms with Crippen LogP contribution in [-0.4, -0.2) is 17.7 Å². The summed E-state index contributed by atoms with van der Waals surface area (Å²) >= 11 is 5.79. The van der Waals surface area contributed by atoms with Crippen molar-refractivity contribution in [3.63, 3.8) is 0 Å². The van der Waals surface area contributed by atoms with Crippen LogP contribution in [0.25, 0.3) is 0 Å². The van der Waals surface area contributed by atoms with E-state index < -0.39 is 0 Å². The van der Waals surface area contributed by atoms with Gasteiger partial charge in [0.15, 0.2) is 0 Å². The molecular formula is C23H21ClN2O2. The van der Waals surface area contributed by atoms with E-state index >= 15 is 0 Å². The maximum atomic E-state index is 12.5. The molecule has 28 heavy (non-hydrogen) atoms. The van der Waals surface area contributed by atoms with Gasteiger partial charge in [0.05, 0.1) is 6.54 Å². The lowest BCUT2D eigenvalue weighted by Crippen LogP contribution is -2.31. The second-order valence-corrected chi connectivity index (χ2v) is 6.58. The molecule has 2 amide bonds. The summed E-state index contributed by atoms with van der Waals surface area (Å²) < 4.78 is 0. The molecule has 0 radical (unpaired) electrons. The molecule has 0 spiro atoms. The van der Waals surface area contributed by atoms with Crippen molar-refractivity contribution in [1.82, 2.24) is 5.32 Å². The van der Waals surface area contributed by atoms with Crippen molar-refractivity contribution in [2.45, 2.75) is 13.1 Å². The first-order valence-electron chi connectivity index (χ1n) is 9.00. The summed E-state index contributed by atoms with van der Waals surface area (Å²) in [5.74, 6) is -0.445. The molecule has 0 saturated heterocycles. The smallest absolute Gasteiger partial charge is 0.251 e. The van der Waals surface area contributed by atoms with Crippen LogP contribution in [0.4, 0.5) is 5.69 Å². The number of benzene rings is 3. The zero-order chi connectivity index (χ0) is 19.8. The molecular weight excluding hydrogens is 372 g/mol. The van der Waals surface area contributed by atoms with E-state index in [1.807, 2.05) is 72.8 Å². The van der Waals surface area contributed by atoms with Gasteiger partial charge in [-0.15, -0.1) is 11.6 Å². The number of halogens is 1. The Labute approximate surface area is 169 Å². The Morgan fingerprint density at radius 1 is 0.821 bits per heavy atom. The fourth-order valence-electron chi connectivity index (χ4n) is 2.88. The van der Waals surface area contributed by atoms with E-state index in [4.69, 9.17) is 11.6 Å². The number of hydrogen-bond donors (Lipinski definition) is 1.